The number of phenolic OH excluding ortho intramolecular Hbond substituents is 1. The molecule has 0 spiro atoms. The van der Waals surface area contributed by atoms with Crippen molar-refractivity contribution in [1.82, 2.24) is 4.98 Å². The van der Waals surface area contributed by atoms with Gasteiger partial charge in [-0.25, -0.2) is 4.98 Å². The van der Waals surface area contributed by atoms with E-state index >= 15 is 0 Å². The number of phenols is 1. The second-order valence-electron chi connectivity index (χ2n) is 8.05. The Morgan fingerprint density at radius 3 is 2.48 bits per heavy atom. The predicted octanol–water partition coefficient (Wildman–Crippen LogP) is 6.79. The van der Waals surface area contributed by atoms with E-state index in [-0.39, 0.29) is 5.75 Å². The Labute approximate surface area is 169 Å². The van der Waals surface area contributed by atoms with Crippen LogP contribution in [-0.4, -0.2) is 10.1 Å². The van der Waals surface area contributed by atoms with Gasteiger partial charge in [-0.05, 0) is 76.6 Å². The Hall–Kier alpha value is -3.39. The second kappa shape index (κ2) is 6.31. The van der Waals surface area contributed by atoms with Crippen LogP contribution in [0.1, 0.15) is 24.0 Å². The van der Waals surface area contributed by atoms with E-state index in [2.05, 4.69) is 42.5 Å². The summed E-state index contributed by atoms with van der Waals surface area (Å²) in [5, 5.41) is 16.4. The number of nitrogens with zero attached hydrogens (tertiary/aromatic N) is 1. The molecule has 2 heteroatoms. The van der Waals surface area contributed by atoms with Crippen LogP contribution in [0.15, 0.2) is 72.8 Å². The number of rotatable bonds is 1. The molecule has 1 heterocycles. The molecule has 1 aliphatic rings. The van der Waals surface area contributed by atoms with Gasteiger partial charge in [-0.15, -0.1) is 0 Å². The molecule has 1 aliphatic carbocycles. The first-order chi connectivity index (χ1) is 14.3. The van der Waals surface area contributed by atoms with Crippen molar-refractivity contribution in [1.29, 1.82) is 0 Å². The lowest BCUT2D eigenvalue weighted by molar-refractivity contribution is 0.480. The molecule has 0 amide bonds. The summed E-state index contributed by atoms with van der Waals surface area (Å²) in [6.07, 6.45) is 5.01. The maximum atomic E-state index is 10.2. The van der Waals surface area contributed by atoms with Crippen molar-refractivity contribution in [2.24, 2.45) is 0 Å². The lowest BCUT2D eigenvalue weighted by Crippen LogP contribution is -2.03. The molecule has 1 aromatic heterocycles. The van der Waals surface area contributed by atoms with Gasteiger partial charge < -0.3 is 5.11 Å². The molecular formula is C27H21NO. The van der Waals surface area contributed by atoms with E-state index in [0.29, 0.717) is 5.52 Å². The zero-order valence-electron chi connectivity index (χ0n) is 16.2. The van der Waals surface area contributed by atoms with Crippen molar-refractivity contribution in [2.75, 3.05) is 0 Å². The van der Waals surface area contributed by atoms with Gasteiger partial charge in [0.2, 0.25) is 0 Å². The van der Waals surface area contributed by atoms with Gasteiger partial charge >= 0.3 is 0 Å². The van der Waals surface area contributed by atoms with Crippen LogP contribution in [0.2, 0.25) is 0 Å². The standard InChI is InChI=1S/C27H21NO/c29-26-7-3-5-18-11-15-25(28-27(18)26)20-10-12-22-19(16-20)9-14-23-21-6-2-1-4-17(21)8-13-24(22)23/h3,5,7-16,29H,1-2,4,6H2. The molecule has 4 aromatic carbocycles. The summed E-state index contributed by atoms with van der Waals surface area (Å²) in [5.41, 5.74) is 5.67. The normalized spacial score (nSPS) is 13.8. The van der Waals surface area contributed by atoms with E-state index in [0.717, 1.165) is 16.6 Å². The zero-order valence-corrected chi connectivity index (χ0v) is 16.2. The quantitative estimate of drug-likeness (QED) is 0.327. The molecule has 140 valence electrons. The fraction of sp³-hybridized carbons (Fsp3) is 0.148. The van der Waals surface area contributed by atoms with Gasteiger partial charge in [-0.3, -0.25) is 0 Å². The topological polar surface area (TPSA) is 33.1 Å². The lowest BCUT2D eigenvalue weighted by atomic mass is 9.86. The number of pyridine rings is 1. The number of aryl methyl sites for hydroxylation is 2. The van der Waals surface area contributed by atoms with Gasteiger partial charge in [0.15, 0.2) is 0 Å². The molecule has 0 bridgehead atoms. The van der Waals surface area contributed by atoms with Gasteiger partial charge in [0.25, 0.3) is 0 Å². The fourth-order valence-corrected chi connectivity index (χ4v) is 4.85. The number of aromatic nitrogens is 1. The van der Waals surface area contributed by atoms with Gasteiger partial charge in [-0.1, -0.05) is 54.6 Å². The van der Waals surface area contributed by atoms with Crippen molar-refractivity contribution >= 4 is 32.4 Å². The van der Waals surface area contributed by atoms with E-state index in [9.17, 15) is 5.11 Å². The SMILES string of the molecule is Oc1cccc2ccc(-c3ccc4c(ccc5c6c(ccc54)CCCC6)c3)nc12. The fourth-order valence-electron chi connectivity index (χ4n) is 4.85. The largest absolute Gasteiger partial charge is 0.506 e. The van der Waals surface area contributed by atoms with Crippen LogP contribution in [0, 0.1) is 0 Å². The third kappa shape index (κ3) is 2.60. The maximum Gasteiger partial charge on any atom is 0.141 e. The number of para-hydroxylation sites is 1. The number of hydrogen-bond donors (Lipinski definition) is 1. The monoisotopic (exact) mass is 375 g/mol. The highest BCUT2D eigenvalue weighted by Crippen LogP contribution is 2.35. The Morgan fingerprint density at radius 1 is 0.690 bits per heavy atom. The van der Waals surface area contributed by atoms with E-state index in [1.54, 1.807) is 11.6 Å². The summed E-state index contributed by atoms with van der Waals surface area (Å²) < 4.78 is 0. The molecule has 0 radical (unpaired) electrons. The Balaban J connectivity index is 1.53. The summed E-state index contributed by atoms with van der Waals surface area (Å²) in [4.78, 5) is 4.72. The summed E-state index contributed by atoms with van der Waals surface area (Å²) in [7, 11) is 0. The first-order valence-corrected chi connectivity index (χ1v) is 10.3. The molecule has 0 saturated carbocycles. The minimum Gasteiger partial charge on any atom is -0.506 e. The lowest BCUT2D eigenvalue weighted by Gasteiger charge is -2.19. The molecule has 0 fully saturated rings. The van der Waals surface area contributed by atoms with E-state index in [1.807, 2.05) is 24.3 Å². The highest BCUT2D eigenvalue weighted by Gasteiger charge is 2.14. The number of aromatic hydroxyl groups is 1. The van der Waals surface area contributed by atoms with Crippen LogP contribution in [0.5, 0.6) is 5.75 Å². The zero-order chi connectivity index (χ0) is 19.4. The van der Waals surface area contributed by atoms with Crippen LogP contribution >= 0.6 is 0 Å². The molecule has 2 nitrogen and oxygen atoms in total. The van der Waals surface area contributed by atoms with Gasteiger partial charge in [0.05, 0.1) is 5.69 Å². The number of hydrogen-bond acceptors (Lipinski definition) is 2. The molecule has 0 unspecified atom stereocenters. The summed E-state index contributed by atoms with van der Waals surface area (Å²) in [6.45, 7) is 0. The predicted molar refractivity (Wildman–Crippen MR) is 120 cm³/mol. The van der Waals surface area contributed by atoms with Crippen LogP contribution < -0.4 is 0 Å². The Bertz CT molecular complexity index is 1420. The molecule has 5 aromatic rings. The Kier molecular flexibility index (Phi) is 3.60. The van der Waals surface area contributed by atoms with Crippen LogP contribution in [0.25, 0.3) is 43.7 Å². The van der Waals surface area contributed by atoms with Crippen LogP contribution in [0.4, 0.5) is 0 Å². The van der Waals surface area contributed by atoms with E-state index in [4.69, 9.17) is 4.98 Å². The average molecular weight is 375 g/mol. The van der Waals surface area contributed by atoms with Gasteiger partial charge in [0, 0.05) is 10.9 Å². The molecule has 0 saturated heterocycles. The molecule has 0 aliphatic heterocycles. The highest BCUT2D eigenvalue weighted by molar-refractivity contribution is 6.09. The molecule has 29 heavy (non-hydrogen) atoms. The van der Waals surface area contributed by atoms with Crippen molar-refractivity contribution in [3.05, 3.63) is 83.9 Å². The second-order valence-corrected chi connectivity index (χ2v) is 8.05. The first kappa shape index (κ1) is 16.6. The number of benzene rings is 4. The first-order valence-electron chi connectivity index (χ1n) is 10.3. The van der Waals surface area contributed by atoms with Gasteiger partial charge in [0.1, 0.15) is 11.3 Å². The van der Waals surface area contributed by atoms with Crippen molar-refractivity contribution in [3.63, 3.8) is 0 Å². The molecule has 1 N–H and O–H groups in total. The summed E-state index contributed by atoms with van der Waals surface area (Å²) in [6, 6.07) is 25.3. The molecular weight excluding hydrogens is 354 g/mol. The Morgan fingerprint density at radius 2 is 1.52 bits per heavy atom. The smallest absolute Gasteiger partial charge is 0.141 e. The van der Waals surface area contributed by atoms with Crippen molar-refractivity contribution in [3.8, 4) is 17.0 Å². The van der Waals surface area contributed by atoms with Gasteiger partial charge in [-0.2, -0.15) is 0 Å². The summed E-state index contributed by atoms with van der Waals surface area (Å²) >= 11 is 0. The summed E-state index contributed by atoms with van der Waals surface area (Å²) in [5.74, 6) is 0.223. The van der Waals surface area contributed by atoms with Crippen molar-refractivity contribution < 1.29 is 5.11 Å². The maximum absolute atomic E-state index is 10.2. The third-order valence-electron chi connectivity index (χ3n) is 6.34. The van der Waals surface area contributed by atoms with Crippen LogP contribution in [0.3, 0.4) is 0 Å². The van der Waals surface area contributed by atoms with E-state index in [1.165, 1.54) is 52.8 Å². The van der Waals surface area contributed by atoms with E-state index < -0.39 is 0 Å². The third-order valence-corrected chi connectivity index (χ3v) is 6.34. The average Bonchev–Trinajstić information content (AvgIpc) is 2.78. The number of fused-ring (bicyclic) bond motifs is 6. The van der Waals surface area contributed by atoms with Crippen LogP contribution in [-0.2, 0) is 12.8 Å². The highest BCUT2D eigenvalue weighted by atomic mass is 16.3. The molecule has 6 rings (SSSR count). The minimum absolute atomic E-state index is 0.223. The minimum atomic E-state index is 0.223. The van der Waals surface area contributed by atoms with Crippen molar-refractivity contribution in [2.45, 2.75) is 25.7 Å². The molecule has 0 atom stereocenters.